The van der Waals surface area contributed by atoms with Crippen molar-refractivity contribution >= 4 is 0 Å². The van der Waals surface area contributed by atoms with Crippen molar-refractivity contribution in [1.82, 2.24) is 0 Å². The molecule has 1 aliphatic rings. The van der Waals surface area contributed by atoms with Crippen LogP contribution in [0.15, 0.2) is 24.3 Å². The largest absolute Gasteiger partial charge is 0.266 e. The van der Waals surface area contributed by atoms with Crippen molar-refractivity contribution in [1.29, 1.82) is 0 Å². The van der Waals surface area contributed by atoms with Gasteiger partial charge in [0.1, 0.15) is 0 Å². The van der Waals surface area contributed by atoms with Gasteiger partial charge in [0.2, 0.25) is 0 Å². The van der Waals surface area contributed by atoms with Crippen molar-refractivity contribution in [2.75, 3.05) is 0 Å². The van der Waals surface area contributed by atoms with Gasteiger partial charge in [-0.2, -0.15) is 8.78 Å². The van der Waals surface area contributed by atoms with Crippen LogP contribution >= 0.6 is 0 Å². The van der Waals surface area contributed by atoms with Crippen molar-refractivity contribution < 1.29 is 8.78 Å². The van der Waals surface area contributed by atoms with Gasteiger partial charge in [0.15, 0.2) is 0 Å². The van der Waals surface area contributed by atoms with Crippen LogP contribution in [0.5, 0.6) is 0 Å². The minimum absolute atomic E-state index is 0.00463. The van der Waals surface area contributed by atoms with E-state index in [9.17, 15) is 8.78 Å². The summed E-state index contributed by atoms with van der Waals surface area (Å²) in [6.07, 6.45) is 4.98. The molecular weight excluding hydrogens is 122 g/mol. The highest BCUT2D eigenvalue weighted by Gasteiger charge is 2.06. The molecule has 1 unspecified atom stereocenters. The first kappa shape index (κ1) is 6.46. The minimum atomic E-state index is -1.56. The fourth-order valence-corrected chi connectivity index (χ4v) is 0.957. The van der Waals surface area contributed by atoms with Crippen molar-refractivity contribution in [3.05, 3.63) is 24.3 Å². The van der Waals surface area contributed by atoms with Gasteiger partial charge in [0.25, 0.3) is 6.08 Å². The quantitative estimate of drug-likeness (QED) is 0.479. The van der Waals surface area contributed by atoms with Crippen molar-refractivity contribution in [2.45, 2.75) is 12.8 Å². The molecule has 1 aliphatic carbocycles. The third-order valence-corrected chi connectivity index (χ3v) is 1.39. The SMILES string of the molecule is FC(F)=CC1C=CCC1. The molecule has 9 heavy (non-hydrogen) atoms. The van der Waals surface area contributed by atoms with E-state index >= 15 is 0 Å². The van der Waals surface area contributed by atoms with Gasteiger partial charge in [-0.05, 0) is 18.9 Å². The second-order valence-electron chi connectivity index (χ2n) is 2.13. The maximum Gasteiger partial charge on any atom is 0.266 e. The molecule has 0 aromatic heterocycles. The number of rotatable bonds is 1. The van der Waals surface area contributed by atoms with E-state index in [1.165, 1.54) is 0 Å². The maximum absolute atomic E-state index is 11.5. The first-order chi connectivity index (χ1) is 4.29. The summed E-state index contributed by atoms with van der Waals surface area (Å²) in [6.45, 7) is 0. The molecule has 0 spiro atoms. The van der Waals surface area contributed by atoms with Gasteiger partial charge in [-0.1, -0.05) is 12.2 Å². The molecule has 2 heteroatoms. The molecule has 0 aliphatic heterocycles. The van der Waals surface area contributed by atoms with Crippen LogP contribution in [-0.4, -0.2) is 0 Å². The Kier molecular flexibility index (Phi) is 1.98. The van der Waals surface area contributed by atoms with E-state index in [4.69, 9.17) is 0 Å². The lowest BCUT2D eigenvalue weighted by atomic mass is 10.1. The van der Waals surface area contributed by atoms with Gasteiger partial charge in [-0.25, -0.2) is 0 Å². The number of allylic oxidation sites excluding steroid dienone is 3. The summed E-state index contributed by atoms with van der Waals surface area (Å²) in [5.74, 6) is -0.00463. The second-order valence-corrected chi connectivity index (χ2v) is 2.13. The van der Waals surface area contributed by atoms with Crippen LogP contribution in [0.25, 0.3) is 0 Å². The molecule has 0 radical (unpaired) electrons. The smallest absolute Gasteiger partial charge is 0.174 e. The highest BCUT2D eigenvalue weighted by atomic mass is 19.3. The summed E-state index contributed by atoms with van der Waals surface area (Å²) >= 11 is 0. The fourth-order valence-electron chi connectivity index (χ4n) is 0.957. The molecule has 1 rings (SSSR count). The topological polar surface area (TPSA) is 0 Å². The van der Waals surface area contributed by atoms with E-state index in [1.54, 1.807) is 0 Å². The van der Waals surface area contributed by atoms with Gasteiger partial charge < -0.3 is 0 Å². The molecule has 0 aromatic carbocycles. The first-order valence-corrected chi connectivity index (χ1v) is 2.98. The van der Waals surface area contributed by atoms with Crippen LogP contribution in [0.4, 0.5) is 8.78 Å². The molecule has 1 atom stereocenters. The lowest BCUT2D eigenvalue weighted by molar-refractivity contribution is 0.413. The van der Waals surface area contributed by atoms with E-state index in [0.29, 0.717) is 0 Å². The summed E-state index contributed by atoms with van der Waals surface area (Å²) < 4.78 is 23.0. The molecule has 0 aromatic rings. The highest BCUT2D eigenvalue weighted by molar-refractivity contribution is 5.05. The number of halogens is 2. The van der Waals surface area contributed by atoms with Gasteiger partial charge >= 0.3 is 0 Å². The standard InChI is InChI=1S/C7H8F2/c8-7(9)5-6-3-1-2-4-6/h1,3,5-6H,2,4H2. The molecule has 0 bridgehead atoms. The van der Waals surface area contributed by atoms with Crippen LogP contribution in [0, 0.1) is 5.92 Å². The summed E-state index contributed by atoms with van der Waals surface area (Å²) in [6, 6.07) is 0. The predicted molar refractivity (Wildman–Crippen MR) is 32.2 cm³/mol. The molecule has 0 N–H and O–H groups in total. The average Bonchev–Trinajstić information content (AvgIpc) is 2.15. The van der Waals surface area contributed by atoms with Crippen LogP contribution < -0.4 is 0 Å². The van der Waals surface area contributed by atoms with Crippen LogP contribution in [0.1, 0.15) is 12.8 Å². The van der Waals surface area contributed by atoms with Crippen molar-refractivity contribution in [3.63, 3.8) is 0 Å². The molecule has 0 saturated heterocycles. The first-order valence-electron chi connectivity index (χ1n) is 2.98. The predicted octanol–water partition coefficient (Wildman–Crippen LogP) is 2.73. The Morgan fingerprint density at radius 1 is 1.56 bits per heavy atom. The molecule has 0 heterocycles. The van der Waals surface area contributed by atoms with E-state index in [1.807, 2.05) is 12.2 Å². The Hall–Kier alpha value is -0.660. The lowest BCUT2D eigenvalue weighted by Crippen LogP contribution is -1.83. The van der Waals surface area contributed by atoms with Crippen LogP contribution in [0.2, 0.25) is 0 Å². The fraction of sp³-hybridized carbons (Fsp3) is 0.429. The molecule has 0 nitrogen and oxygen atoms in total. The maximum atomic E-state index is 11.5. The summed E-state index contributed by atoms with van der Waals surface area (Å²) in [5, 5.41) is 0. The molecule has 50 valence electrons. The zero-order chi connectivity index (χ0) is 6.69. The van der Waals surface area contributed by atoms with E-state index < -0.39 is 6.08 Å². The minimum Gasteiger partial charge on any atom is -0.174 e. The van der Waals surface area contributed by atoms with Gasteiger partial charge in [-0.3, -0.25) is 0 Å². The Morgan fingerprint density at radius 3 is 2.78 bits per heavy atom. The highest BCUT2D eigenvalue weighted by Crippen LogP contribution is 2.19. The Balaban J connectivity index is 2.45. The monoisotopic (exact) mass is 130 g/mol. The Labute approximate surface area is 52.9 Å². The van der Waals surface area contributed by atoms with Crippen molar-refractivity contribution in [2.24, 2.45) is 5.92 Å². The van der Waals surface area contributed by atoms with Gasteiger partial charge in [0.05, 0.1) is 0 Å². The summed E-state index contributed by atoms with van der Waals surface area (Å²) in [7, 11) is 0. The van der Waals surface area contributed by atoms with Gasteiger partial charge in [0, 0.05) is 5.92 Å². The van der Waals surface area contributed by atoms with E-state index in [-0.39, 0.29) is 5.92 Å². The van der Waals surface area contributed by atoms with Crippen LogP contribution in [-0.2, 0) is 0 Å². The number of hydrogen-bond acceptors (Lipinski definition) is 0. The third kappa shape index (κ3) is 1.96. The average molecular weight is 130 g/mol. The van der Waals surface area contributed by atoms with Gasteiger partial charge in [-0.15, -0.1) is 0 Å². The summed E-state index contributed by atoms with van der Waals surface area (Å²) in [5.41, 5.74) is 0. The lowest BCUT2D eigenvalue weighted by Gasteiger charge is -1.94. The van der Waals surface area contributed by atoms with Crippen LogP contribution in [0.3, 0.4) is 0 Å². The third-order valence-electron chi connectivity index (χ3n) is 1.39. The van der Waals surface area contributed by atoms with E-state index in [0.717, 1.165) is 18.9 Å². The molecule has 0 saturated carbocycles. The number of hydrogen-bond donors (Lipinski definition) is 0. The van der Waals surface area contributed by atoms with Crippen molar-refractivity contribution in [3.8, 4) is 0 Å². The van der Waals surface area contributed by atoms with E-state index in [2.05, 4.69) is 0 Å². The summed E-state index contributed by atoms with van der Waals surface area (Å²) in [4.78, 5) is 0. The molecule has 0 fully saturated rings. The molecular formula is C7H8F2. The molecule has 0 amide bonds. The normalized spacial score (nSPS) is 24.4. The zero-order valence-electron chi connectivity index (χ0n) is 4.98. The zero-order valence-corrected chi connectivity index (χ0v) is 4.98. The Bertz CT molecular complexity index is 143. The second kappa shape index (κ2) is 2.76. The Morgan fingerprint density at radius 2 is 2.33 bits per heavy atom.